The maximum Gasteiger partial charge on any atom is 0.305 e. The van der Waals surface area contributed by atoms with Gasteiger partial charge in [0.05, 0.1) is 22.4 Å². The maximum absolute atomic E-state index is 13.7. The van der Waals surface area contributed by atoms with Crippen molar-refractivity contribution in [1.82, 2.24) is 10.0 Å². The zero-order valence-electron chi connectivity index (χ0n) is 14.1. The van der Waals surface area contributed by atoms with Crippen LogP contribution in [0.4, 0.5) is 4.39 Å². The molecule has 10 heteroatoms. The number of nitrogens with one attached hydrogen (secondary N) is 2. The Balaban J connectivity index is 2.32. The number of hydrogen-bond acceptors (Lipinski definition) is 4. The number of carboxylic acid groups (broad SMARTS) is 1. The number of benzene rings is 2. The van der Waals surface area contributed by atoms with Crippen molar-refractivity contribution >= 4 is 33.5 Å². The molecule has 3 N–H and O–H groups in total. The van der Waals surface area contributed by atoms with Crippen molar-refractivity contribution in [3.63, 3.8) is 0 Å². The summed E-state index contributed by atoms with van der Waals surface area (Å²) in [7, 11) is -2.52. The maximum atomic E-state index is 13.7. The summed E-state index contributed by atoms with van der Waals surface area (Å²) in [6, 6.07) is 7.89. The third kappa shape index (κ3) is 5.25. The first kappa shape index (κ1) is 20.8. The van der Waals surface area contributed by atoms with Crippen molar-refractivity contribution in [3.8, 4) is 0 Å². The first-order valence-electron chi connectivity index (χ1n) is 7.65. The van der Waals surface area contributed by atoms with Crippen LogP contribution in [-0.2, 0) is 14.8 Å². The number of carbonyl (C=O) groups is 2. The molecule has 0 spiro atoms. The van der Waals surface area contributed by atoms with Gasteiger partial charge >= 0.3 is 5.97 Å². The topological polar surface area (TPSA) is 113 Å². The number of amides is 1. The molecule has 0 aliphatic heterocycles. The van der Waals surface area contributed by atoms with Crippen LogP contribution in [0.5, 0.6) is 0 Å². The summed E-state index contributed by atoms with van der Waals surface area (Å²) < 4.78 is 39.6. The van der Waals surface area contributed by atoms with E-state index >= 15 is 0 Å². The molecule has 0 radical (unpaired) electrons. The molecular formula is C17H16ClFN2O5S. The van der Waals surface area contributed by atoms with Crippen LogP contribution in [0, 0.1) is 5.82 Å². The molecule has 0 saturated carbocycles. The number of hydrogen-bond donors (Lipinski definition) is 3. The molecule has 0 aliphatic carbocycles. The van der Waals surface area contributed by atoms with Crippen LogP contribution in [-0.4, -0.2) is 32.4 Å². The highest BCUT2D eigenvalue weighted by atomic mass is 35.5. The highest BCUT2D eigenvalue weighted by Crippen LogP contribution is 2.23. The van der Waals surface area contributed by atoms with Crippen LogP contribution in [0.2, 0.25) is 5.02 Å². The second-order valence-electron chi connectivity index (χ2n) is 5.53. The van der Waals surface area contributed by atoms with Gasteiger partial charge in [0.15, 0.2) is 0 Å². The predicted molar refractivity (Wildman–Crippen MR) is 96.6 cm³/mol. The van der Waals surface area contributed by atoms with Gasteiger partial charge in [0, 0.05) is 5.56 Å². The number of aliphatic carboxylic acids is 1. The first-order valence-corrected chi connectivity index (χ1v) is 9.51. The summed E-state index contributed by atoms with van der Waals surface area (Å²) in [5.41, 5.74) is 0.225. The lowest BCUT2D eigenvalue weighted by molar-refractivity contribution is -0.137. The third-order valence-corrected chi connectivity index (χ3v) is 5.42. The van der Waals surface area contributed by atoms with E-state index in [4.69, 9.17) is 16.7 Å². The van der Waals surface area contributed by atoms with Crippen LogP contribution < -0.4 is 10.0 Å². The lowest BCUT2D eigenvalue weighted by Crippen LogP contribution is -2.30. The van der Waals surface area contributed by atoms with Gasteiger partial charge in [-0.05, 0) is 42.9 Å². The van der Waals surface area contributed by atoms with E-state index in [-0.39, 0.29) is 21.0 Å². The zero-order valence-corrected chi connectivity index (χ0v) is 15.6. The zero-order chi connectivity index (χ0) is 20.2. The van der Waals surface area contributed by atoms with Gasteiger partial charge < -0.3 is 10.4 Å². The summed E-state index contributed by atoms with van der Waals surface area (Å²) in [6.45, 7) is 0. The van der Waals surface area contributed by atoms with Crippen LogP contribution in [0.25, 0.3) is 0 Å². The number of halogens is 2. The molecule has 2 aromatic carbocycles. The predicted octanol–water partition coefficient (Wildman–Crippen LogP) is 2.33. The molecular weight excluding hydrogens is 399 g/mol. The largest absolute Gasteiger partial charge is 0.481 e. The fourth-order valence-corrected chi connectivity index (χ4v) is 3.21. The minimum atomic E-state index is -3.75. The highest BCUT2D eigenvalue weighted by Gasteiger charge is 2.21. The molecule has 0 aromatic heterocycles. The fourth-order valence-electron chi connectivity index (χ4n) is 2.32. The molecule has 0 bridgehead atoms. The standard InChI is InChI=1S/C17H16ClFN2O5S/c1-20-27(25,26)12-4-2-3-11(7-12)17(24)21-15(9-16(22)23)10-5-6-13(18)14(19)8-10/h2-8,15,20H,9H2,1H3,(H,21,24)(H,22,23)/t15-/m1/s1. The van der Waals surface area contributed by atoms with Gasteiger partial charge in [-0.25, -0.2) is 17.5 Å². The van der Waals surface area contributed by atoms with Gasteiger partial charge in [-0.2, -0.15) is 0 Å². The second kappa shape index (κ2) is 8.47. The van der Waals surface area contributed by atoms with Gasteiger partial charge in [-0.15, -0.1) is 0 Å². The third-order valence-electron chi connectivity index (χ3n) is 3.71. The molecule has 144 valence electrons. The van der Waals surface area contributed by atoms with E-state index in [2.05, 4.69) is 10.0 Å². The summed E-state index contributed by atoms with van der Waals surface area (Å²) in [4.78, 5) is 23.5. The quantitative estimate of drug-likeness (QED) is 0.643. The van der Waals surface area contributed by atoms with E-state index in [0.717, 1.165) is 12.1 Å². The van der Waals surface area contributed by atoms with E-state index in [1.807, 2.05) is 0 Å². The minimum Gasteiger partial charge on any atom is -0.481 e. The van der Waals surface area contributed by atoms with Gasteiger partial charge in [0.25, 0.3) is 5.91 Å². The van der Waals surface area contributed by atoms with E-state index in [0.29, 0.717) is 0 Å². The lowest BCUT2D eigenvalue weighted by atomic mass is 10.0. The average molecular weight is 415 g/mol. The van der Waals surface area contributed by atoms with E-state index in [1.54, 1.807) is 0 Å². The monoisotopic (exact) mass is 414 g/mol. The fraction of sp³-hybridized carbons (Fsp3) is 0.176. The Kier molecular flexibility index (Phi) is 6.53. The summed E-state index contributed by atoms with van der Waals surface area (Å²) >= 11 is 5.63. The Labute approximate surface area is 160 Å². The smallest absolute Gasteiger partial charge is 0.305 e. The van der Waals surface area contributed by atoms with Crippen molar-refractivity contribution in [2.75, 3.05) is 7.05 Å². The van der Waals surface area contributed by atoms with Gasteiger partial charge in [-0.1, -0.05) is 23.7 Å². The van der Waals surface area contributed by atoms with Crippen LogP contribution >= 0.6 is 11.6 Å². The van der Waals surface area contributed by atoms with Gasteiger partial charge in [0.2, 0.25) is 10.0 Å². The molecule has 1 amide bonds. The van der Waals surface area contributed by atoms with Crippen LogP contribution in [0.15, 0.2) is 47.4 Å². The Morgan fingerprint density at radius 3 is 2.52 bits per heavy atom. The van der Waals surface area contributed by atoms with Crippen molar-refractivity contribution in [3.05, 3.63) is 64.4 Å². The Bertz CT molecular complexity index is 981. The highest BCUT2D eigenvalue weighted by molar-refractivity contribution is 7.89. The summed E-state index contributed by atoms with van der Waals surface area (Å²) in [6.07, 6.45) is -0.499. The second-order valence-corrected chi connectivity index (χ2v) is 7.83. The summed E-state index contributed by atoms with van der Waals surface area (Å²) in [5.74, 6) is -2.66. The minimum absolute atomic E-state index is 0.0103. The van der Waals surface area contributed by atoms with Crippen molar-refractivity contribution in [1.29, 1.82) is 0 Å². The van der Waals surface area contributed by atoms with Crippen LogP contribution in [0.3, 0.4) is 0 Å². The van der Waals surface area contributed by atoms with Crippen molar-refractivity contribution in [2.45, 2.75) is 17.4 Å². The molecule has 2 aromatic rings. The Morgan fingerprint density at radius 2 is 1.93 bits per heavy atom. The van der Waals surface area contributed by atoms with Gasteiger partial charge in [-0.3, -0.25) is 9.59 Å². The molecule has 0 aliphatic rings. The van der Waals surface area contributed by atoms with E-state index < -0.39 is 40.2 Å². The number of carbonyl (C=O) groups excluding carboxylic acids is 1. The molecule has 0 heterocycles. The molecule has 7 nitrogen and oxygen atoms in total. The lowest BCUT2D eigenvalue weighted by Gasteiger charge is -2.18. The van der Waals surface area contributed by atoms with Crippen molar-refractivity contribution in [2.24, 2.45) is 0 Å². The number of carboxylic acids is 1. The Hall–Kier alpha value is -2.49. The molecule has 0 saturated heterocycles. The van der Waals surface area contributed by atoms with Crippen molar-refractivity contribution < 1.29 is 27.5 Å². The molecule has 1 atom stereocenters. The van der Waals surface area contributed by atoms with Crippen LogP contribution in [0.1, 0.15) is 28.4 Å². The molecule has 0 unspecified atom stereocenters. The number of sulfonamides is 1. The summed E-state index contributed by atoms with van der Waals surface area (Å²) in [5, 5.41) is 11.4. The van der Waals surface area contributed by atoms with Gasteiger partial charge in [0.1, 0.15) is 5.82 Å². The number of rotatable bonds is 7. The molecule has 0 fully saturated rings. The SMILES string of the molecule is CNS(=O)(=O)c1cccc(C(=O)N[C@H](CC(=O)O)c2ccc(Cl)c(F)c2)c1. The van der Waals surface area contributed by atoms with E-state index in [1.165, 1.54) is 37.4 Å². The van der Waals surface area contributed by atoms with E-state index in [9.17, 15) is 22.4 Å². The molecule has 2 rings (SSSR count). The first-order chi connectivity index (χ1) is 12.6. The Morgan fingerprint density at radius 1 is 1.22 bits per heavy atom. The average Bonchev–Trinajstić information content (AvgIpc) is 2.63. The normalized spacial score (nSPS) is 12.4. The molecule has 27 heavy (non-hydrogen) atoms.